The average Bonchev–Trinajstić information content (AvgIpc) is 2.35. The van der Waals surface area contributed by atoms with Crippen molar-refractivity contribution >= 4 is 5.91 Å². The lowest BCUT2D eigenvalue weighted by molar-refractivity contribution is -0.128. The first-order chi connectivity index (χ1) is 8.13. The van der Waals surface area contributed by atoms with Crippen molar-refractivity contribution in [3.63, 3.8) is 0 Å². The number of carbonyl (C=O) groups is 1. The van der Waals surface area contributed by atoms with E-state index in [0.29, 0.717) is 13.0 Å². The highest BCUT2D eigenvalue weighted by Gasteiger charge is 2.03. The smallest absolute Gasteiger partial charge is 0.222 e. The molecule has 1 rings (SSSR count). The fraction of sp³-hybridized carbons (Fsp3) is 0.500. The van der Waals surface area contributed by atoms with Gasteiger partial charge >= 0.3 is 0 Å². The van der Waals surface area contributed by atoms with Crippen molar-refractivity contribution in [2.24, 2.45) is 0 Å². The van der Waals surface area contributed by atoms with Crippen LogP contribution in [0, 0.1) is 0 Å². The van der Waals surface area contributed by atoms with E-state index in [1.807, 2.05) is 12.1 Å². The Bertz CT molecular complexity index is 344. The number of rotatable bonds is 6. The molecule has 17 heavy (non-hydrogen) atoms. The van der Waals surface area contributed by atoms with Crippen LogP contribution in [0.4, 0.5) is 0 Å². The summed E-state index contributed by atoms with van der Waals surface area (Å²) in [5, 5.41) is 0. The van der Waals surface area contributed by atoms with Crippen LogP contribution in [0.5, 0.6) is 5.75 Å². The lowest BCUT2D eigenvalue weighted by Crippen LogP contribution is -2.21. The van der Waals surface area contributed by atoms with Gasteiger partial charge in [-0.25, -0.2) is 0 Å². The minimum Gasteiger partial charge on any atom is -0.494 e. The number of nitrogens with zero attached hydrogens (tertiary/aromatic N) is 1. The third kappa shape index (κ3) is 4.89. The first kappa shape index (κ1) is 13.6. The van der Waals surface area contributed by atoms with E-state index in [1.54, 1.807) is 19.0 Å². The number of carbonyl (C=O) groups excluding carboxylic acids is 1. The van der Waals surface area contributed by atoms with Crippen LogP contribution in [0.1, 0.15) is 25.3 Å². The third-order valence-electron chi connectivity index (χ3n) is 2.63. The van der Waals surface area contributed by atoms with Gasteiger partial charge in [0.2, 0.25) is 5.91 Å². The van der Waals surface area contributed by atoms with E-state index in [0.717, 1.165) is 18.6 Å². The molecule has 0 aliphatic heterocycles. The number of hydrogen-bond acceptors (Lipinski definition) is 2. The van der Waals surface area contributed by atoms with E-state index in [4.69, 9.17) is 4.74 Å². The molecule has 0 saturated carbocycles. The first-order valence-corrected chi connectivity index (χ1v) is 6.05. The Morgan fingerprint density at radius 3 is 2.41 bits per heavy atom. The average molecular weight is 235 g/mol. The third-order valence-corrected chi connectivity index (χ3v) is 2.63. The topological polar surface area (TPSA) is 29.5 Å². The Morgan fingerprint density at radius 2 is 1.88 bits per heavy atom. The molecule has 0 bridgehead atoms. The Balaban J connectivity index is 2.24. The van der Waals surface area contributed by atoms with Crippen molar-refractivity contribution in [2.75, 3.05) is 20.7 Å². The molecule has 0 aliphatic carbocycles. The van der Waals surface area contributed by atoms with Crippen molar-refractivity contribution in [3.8, 4) is 5.75 Å². The predicted octanol–water partition coefficient (Wildman–Crippen LogP) is 2.50. The zero-order valence-electron chi connectivity index (χ0n) is 10.9. The second kappa shape index (κ2) is 6.94. The summed E-state index contributed by atoms with van der Waals surface area (Å²) in [7, 11) is 3.54. The molecule has 1 amide bonds. The van der Waals surface area contributed by atoms with Gasteiger partial charge in [-0.15, -0.1) is 0 Å². The van der Waals surface area contributed by atoms with Crippen molar-refractivity contribution in [1.29, 1.82) is 0 Å². The summed E-state index contributed by atoms with van der Waals surface area (Å²) in [5.74, 6) is 1.02. The largest absolute Gasteiger partial charge is 0.494 e. The molecule has 1 aromatic carbocycles. The first-order valence-electron chi connectivity index (χ1n) is 6.05. The summed E-state index contributed by atoms with van der Waals surface area (Å²) in [6.07, 6.45) is 2.34. The van der Waals surface area contributed by atoms with E-state index in [2.05, 4.69) is 19.1 Å². The van der Waals surface area contributed by atoms with E-state index in [1.165, 1.54) is 5.56 Å². The molecule has 94 valence electrons. The molecular weight excluding hydrogens is 214 g/mol. The molecule has 0 atom stereocenters. The zero-order valence-corrected chi connectivity index (χ0v) is 10.9. The molecule has 1 aromatic rings. The molecule has 0 saturated heterocycles. The fourth-order valence-electron chi connectivity index (χ4n) is 1.46. The SMILES string of the molecule is CCc1ccc(OCCCC(=O)N(C)C)cc1. The number of benzene rings is 1. The van der Waals surface area contributed by atoms with Gasteiger partial charge in [-0.3, -0.25) is 4.79 Å². The second-order valence-corrected chi connectivity index (χ2v) is 4.24. The maximum absolute atomic E-state index is 11.3. The Hall–Kier alpha value is -1.51. The molecular formula is C14H21NO2. The molecule has 3 nitrogen and oxygen atoms in total. The Morgan fingerprint density at radius 1 is 1.24 bits per heavy atom. The molecule has 0 unspecified atom stereocenters. The van der Waals surface area contributed by atoms with Crippen LogP contribution in [0.3, 0.4) is 0 Å². The fourth-order valence-corrected chi connectivity index (χ4v) is 1.46. The molecule has 3 heteroatoms. The Kier molecular flexibility index (Phi) is 5.53. The van der Waals surface area contributed by atoms with Crippen molar-refractivity contribution < 1.29 is 9.53 Å². The molecule has 0 aliphatic rings. The van der Waals surface area contributed by atoms with Gasteiger partial charge in [0.15, 0.2) is 0 Å². The summed E-state index contributed by atoms with van der Waals surface area (Å²) >= 11 is 0. The maximum atomic E-state index is 11.3. The van der Waals surface area contributed by atoms with Gasteiger partial charge < -0.3 is 9.64 Å². The van der Waals surface area contributed by atoms with Gasteiger partial charge in [0.1, 0.15) is 5.75 Å². The van der Waals surface area contributed by atoms with Crippen LogP contribution in [0.2, 0.25) is 0 Å². The summed E-state index contributed by atoms with van der Waals surface area (Å²) < 4.78 is 5.56. The van der Waals surface area contributed by atoms with Crippen LogP contribution < -0.4 is 4.74 Å². The quantitative estimate of drug-likeness (QED) is 0.709. The number of amides is 1. The van der Waals surface area contributed by atoms with Gasteiger partial charge in [-0.05, 0) is 30.5 Å². The van der Waals surface area contributed by atoms with Gasteiger partial charge in [-0.1, -0.05) is 19.1 Å². The molecule has 0 aromatic heterocycles. The van der Waals surface area contributed by atoms with Gasteiger partial charge in [0.05, 0.1) is 6.61 Å². The molecule has 0 heterocycles. The molecule has 0 radical (unpaired) electrons. The second-order valence-electron chi connectivity index (χ2n) is 4.24. The monoisotopic (exact) mass is 235 g/mol. The normalized spacial score (nSPS) is 10.1. The Labute approximate surface area is 103 Å². The summed E-state index contributed by atoms with van der Waals surface area (Å²) in [6.45, 7) is 2.72. The van der Waals surface area contributed by atoms with E-state index >= 15 is 0 Å². The van der Waals surface area contributed by atoms with Crippen LogP contribution in [-0.2, 0) is 11.2 Å². The summed E-state index contributed by atoms with van der Waals surface area (Å²) in [6, 6.07) is 8.10. The number of hydrogen-bond donors (Lipinski definition) is 0. The van der Waals surface area contributed by atoms with Crippen molar-refractivity contribution in [2.45, 2.75) is 26.2 Å². The summed E-state index contributed by atoms with van der Waals surface area (Å²) in [4.78, 5) is 12.9. The minimum absolute atomic E-state index is 0.148. The highest BCUT2D eigenvalue weighted by molar-refractivity contribution is 5.75. The molecule has 0 fully saturated rings. The standard InChI is InChI=1S/C14H21NO2/c1-4-12-7-9-13(10-8-12)17-11-5-6-14(16)15(2)3/h7-10H,4-6,11H2,1-3H3. The van der Waals surface area contributed by atoms with E-state index in [9.17, 15) is 4.79 Å². The maximum Gasteiger partial charge on any atom is 0.222 e. The van der Waals surface area contributed by atoms with E-state index < -0.39 is 0 Å². The van der Waals surface area contributed by atoms with Crippen LogP contribution in [0.15, 0.2) is 24.3 Å². The highest BCUT2D eigenvalue weighted by Crippen LogP contribution is 2.12. The van der Waals surface area contributed by atoms with Crippen LogP contribution >= 0.6 is 0 Å². The van der Waals surface area contributed by atoms with E-state index in [-0.39, 0.29) is 5.91 Å². The van der Waals surface area contributed by atoms with Gasteiger partial charge in [0.25, 0.3) is 0 Å². The van der Waals surface area contributed by atoms with Crippen molar-refractivity contribution in [1.82, 2.24) is 4.90 Å². The van der Waals surface area contributed by atoms with Gasteiger partial charge in [0, 0.05) is 20.5 Å². The lowest BCUT2D eigenvalue weighted by Gasteiger charge is -2.10. The molecule has 0 N–H and O–H groups in total. The highest BCUT2D eigenvalue weighted by atomic mass is 16.5. The summed E-state index contributed by atoms with van der Waals surface area (Å²) in [5.41, 5.74) is 1.31. The van der Waals surface area contributed by atoms with Crippen molar-refractivity contribution in [3.05, 3.63) is 29.8 Å². The van der Waals surface area contributed by atoms with Crippen LogP contribution in [-0.4, -0.2) is 31.5 Å². The van der Waals surface area contributed by atoms with Gasteiger partial charge in [-0.2, -0.15) is 0 Å². The minimum atomic E-state index is 0.148. The number of ether oxygens (including phenoxy) is 1. The zero-order chi connectivity index (χ0) is 12.7. The predicted molar refractivity (Wildman–Crippen MR) is 69.2 cm³/mol. The molecule has 0 spiro atoms. The lowest BCUT2D eigenvalue weighted by atomic mass is 10.2. The number of aryl methyl sites for hydroxylation is 1. The van der Waals surface area contributed by atoms with Crippen LogP contribution in [0.25, 0.3) is 0 Å².